The summed E-state index contributed by atoms with van der Waals surface area (Å²) in [5, 5.41) is 4.28. The zero-order valence-corrected chi connectivity index (χ0v) is 18.4. The van der Waals surface area contributed by atoms with Crippen molar-refractivity contribution in [3.8, 4) is 0 Å². The first-order valence-electron chi connectivity index (χ1n) is 10.2. The van der Waals surface area contributed by atoms with E-state index in [1.54, 1.807) is 15.9 Å². The van der Waals surface area contributed by atoms with Gasteiger partial charge in [0, 0.05) is 22.5 Å². The molecule has 3 aromatic carbocycles. The first-order valence-corrected chi connectivity index (χ1v) is 11.0. The van der Waals surface area contributed by atoms with E-state index in [0.717, 1.165) is 37.1 Å². The molecule has 0 saturated carbocycles. The van der Waals surface area contributed by atoms with E-state index in [1.165, 1.54) is 5.39 Å². The zero-order chi connectivity index (χ0) is 21.6. The summed E-state index contributed by atoms with van der Waals surface area (Å²) in [5.41, 5.74) is 2.25. The first kappa shape index (κ1) is 19.5. The second-order valence-corrected chi connectivity index (χ2v) is 9.53. The van der Waals surface area contributed by atoms with Crippen molar-refractivity contribution in [3.05, 3.63) is 77.4 Å². The molecular weight excluding hydrogens is 404 g/mol. The minimum Gasteiger partial charge on any atom is -0.443 e. The Morgan fingerprint density at radius 1 is 0.968 bits per heavy atom. The largest absolute Gasteiger partial charge is 0.443 e. The molecule has 4 nitrogen and oxygen atoms in total. The van der Waals surface area contributed by atoms with Crippen molar-refractivity contribution in [2.24, 2.45) is 0 Å². The highest BCUT2D eigenvalue weighted by atomic mass is 32.1. The number of benzene rings is 3. The molecule has 5 rings (SSSR count). The Kier molecular flexibility index (Phi) is 4.63. The lowest BCUT2D eigenvalue weighted by atomic mass is 10.1. The molecule has 0 bridgehead atoms. The van der Waals surface area contributed by atoms with Gasteiger partial charge in [0.15, 0.2) is 0 Å². The van der Waals surface area contributed by atoms with Gasteiger partial charge < -0.3 is 4.74 Å². The number of rotatable bonds is 2. The first-order chi connectivity index (χ1) is 14.9. The van der Waals surface area contributed by atoms with Gasteiger partial charge in [0.1, 0.15) is 10.6 Å². The Morgan fingerprint density at radius 2 is 1.71 bits per heavy atom. The fraction of sp³-hybridized carbons (Fsp3) is 0.154. The Morgan fingerprint density at radius 3 is 2.52 bits per heavy atom. The summed E-state index contributed by atoms with van der Waals surface area (Å²) in [7, 11) is 0. The molecule has 0 N–H and O–H groups in total. The van der Waals surface area contributed by atoms with Gasteiger partial charge in [-0.25, -0.2) is 9.78 Å². The molecule has 2 heterocycles. The molecule has 0 unspecified atom stereocenters. The van der Waals surface area contributed by atoms with E-state index in [4.69, 9.17) is 9.72 Å². The van der Waals surface area contributed by atoms with Crippen LogP contribution in [0.5, 0.6) is 0 Å². The molecule has 5 heteroatoms. The minimum absolute atomic E-state index is 0.380. The van der Waals surface area contributed by atoms with E-state index in [-0.39, 0.29) is 6.09 Å². The van der Waals surface area contributed by atoms with Gasteiger partial charge >= 0.3 is 6.09 Å². The van der Waals surface area contributed by atoms with Crippen molar-refractivity contribution in [1.82, 2.24) is 9.55 Å². The van der Waals surface area contributed by atoms with Gasteiger partial charge in [0.05, 0.1) is 15.7 Å². The van der Waals surface area contributed by atoms with Crippen LogP contribution in [0.2, 0.25) is 0 Å². The van der Waals surface area contributed by atoms with Crippen molar-refractivity contribution < 1.29 is 9.53 Å². The van der Waals surface area contributed by atoms with Gasteiger partial charge in [-0.1, -0.05) is 48.5 Å². The van der Waals surface area contributed by atoms with Crippen molar-refractivity contribution in [2.75, 3.05) is 0 Å². The number of thiazole rings is 1. The summed E-state index contributed by atoms with van der Waals surface area (Å²) in [6.45, 7) is 5.61. The van der Waals surface area contributed by atoms with E-state index in [0.29, 0.717) is 0 Å². The number of ether oxygens (including phenoxy) is 1. The summed E-state index contributed by atoms with van der Waals surface area (Å²) in [6, 6.07) is 20.4. The van der Waals surface area contributed by atoms with E-state index in [9.17, 15) is 4.79 Å². The van der Waals surface area contributed by atoms with Crippen molar-refractivity contribution in [1.29, 1.82) is 0 Å². The van der Waals surface area contributed by atoms with Crippen LogP contribution in [-0.2, 0) is 4.74 Å². The zero-order valence-electron chi connectivity index (χ0n) is 17.6. The number of carbonyl (C=O) groups is 1. The number of fused-ring (bicyclic) bond motifs is 4. The van der Waals surface area contributed by atoms with Crippen LogP contribution in [0.3, 0.4) is 0 Å². The number of para-hydroxylation sites is 1. The summed E-state index contributed by atoms with van der Waals surface area (Å²) in [6.07, 6.45) is 5.48. The lowest BCUT2D eigenvalue weighted by Gasteiger charge is -2.19. The third kappa shape index (κ3) is 3.73. The highest BCUT2D eigenvalue weighted by Crippen LogP contribution is 2.31. The van der Waals surface area contributed by atoms with Gasteiger partial charge in [-0.3, -0.25) is 4.57 Å². The monoisotopic (exact) mass is 426 g/mol. The average molecular weight is 427 g/mol. The third-order valence-corrected chi connectivity index (χ3v) is 6.02. The highest BCUT2D eigenvalue weighted by Gasteiger charge is 2.20. The van der Waals surface area contributed by atoms with Crippen molar-refractivity contribution >= 4 is 61.5 Å². The molecule has 0 aliphatic heterocycles. The predicted octanol–water partition coefficient (Wildman–Crippen LogP) is 7.36. The second kappa shape index (κ2) is 7.36. The van der Waals surface area contributed by atoms with Crippen LogP contribution in [0.15, 0.2) is 66.9 Å². The molecule has 0 fully saturated rings. The van der Waals surface area contributed by atoms with Crippen LogP contribution in [0.1, 0.15) is 31.3 Å². The fourth-order valence-corrected chi connectivity index (χ4v) is 4.60. The van der Waals surface area contributed by atoms with E-state index < -0.39 is 5.60 Å². The molecule has 0 radical (unpaired) electrons. The van der Waals surface area contributed by atoms with Crippen LogP contribution < -0.4 is 0 Å². The summed E-state index contributed by atoms with van der Waals surface area (Å²) >= 11 is 1.66. The van der Waals surface area contributed by atoms with Crippen LogP contribution in [0.4, 0.5) is 4.79 Å². The fourth-order valence-electron chi connectivity index (χ4n) is 3.71. The van der Waals surface area contributed by atoms with Gasteiger partial charge in [-0.05, 0) is 50.4 Å². The molecule has 0 atom stereocenters. The lowest BCUT2D eigenvalue weighted by Crippen LogP contribution is -2.26. The van der Waals surface area contributed by atoms with Crippen LogP contribution in [0.25, 0.3) is 44.0 Å². The number of aromatic nitrogens is 2. The maximum atomic E-state index is 12.7. The van der Waals surface area contributed by atoms with E-state index in [2.05, 4.69) is 24.3 Å². The highest BCUT2D eigenvalue weighted by molar-refractivity contribution is 7.19. The molecule has 0 aliphatic carbocycles. The van der Waals surface area contributed by atoms with Gasteiger partial charge in [0.25, 0.3) is 0 Å². The Hall–Kier alpha value is -3.44. The smallest absolute Gasteiger partial charge is 0.419 e. The number of hydrogen-bond donors (Lipinski definition) is 0. The number of hydrogen-bond acceptors (Lipinski definition) is 4. The van der Waals surface area contributed by atoms with Gasteiger partial charge in [-0.2, -0.15) is 0 Å². The summed E-state index contributed by atoms with van der Waals surface area (Å²) < 4.78 is 8.32. The molecule has 0 spiro atoms. The molecule has 2 aromatic heterocycles. The molecule has 5 aromatic rings. The number of carbonyl (C=O) groups excluding carboxylic acids is 1. The molecule has 31 heavy (non-hydrogen) atoms. The maximum absolute atomic E-state index is 12.7. The van der Waals surface area contributed by atoms with Crippen LogP contribution in [0, 0.1) is 0 Å². The second-order valence-electron chi connectivity index (χ2n) is 8.47. The van der Waals surface area contributed by atoms with Crippen LogP contribution >= 0.6 is 11.3 Å². The lowest BCUT2D eigenvalue weighted by molar-refractivity contribution is 0.0544. The quantitative estimate of drug-likeness (QED) is 0.296. The molecular formula is C26H22N2O2S. The standard InChI is InChI=1S/C26H22N2O2S/c1-26(2,3)30-25(29)28-16-18(19-9-6-7-11-21(19)28)13-15-23-27-24-20-10-5-4-8-17(20)12-14-22(24)31-23/h4-16H,1-3H3/b15-13+. The summed E-state index contributed by atoms with van der Waals surface area (Å²) in [5.74, 6) is 0. The topological polar surface area (TPSA) is 44.1 Å². The molecule has 154 valence electrons. The molecule has 0 aliphatic rings. The van der Waals surface area contributed by atoms with Crippen molar-refractivity contribution in [3.63, 3.8) is 0 Å². The molecule has 0 amide bonds. The summed E-state index contributed by atoms with van der Waals surface area (Å²) in [4.78, 5) is 17.6. The minimum atomic E-state index is -0.553. The Balaban J connectivity index is 1.55. The van der Waals surface area contributed by atoms with E-state index >= 15 is 0 Å². The van der Waals surface area contributed by atoms with Crippen molar-refractivity contribution in [2.45, 2.75) is 26.4 Å². The van der Waals surface area contributed by atoms with E-state index in [1.807, 2.05) is 75.5 Å². The number of nitrogens with zero attached hydrogens (tertiary/aromatic N) is 2. The van der Waals surface area contributed by atoms with Crippen LogP contribution in [-0.4, -0.2) is 21.2 Å². The Bertz CT molecular complexity index is 1470. The Labute approximate surface area is 184 Å². The van der Waals surface area contributed by atoms with Gasteiger partial charge in [0.2, 0.25) is 0 Å². The van der Waals surface area contributed by atoms with Gasteiger partial charge in [-0.15, -0.1) is 11.3 Å². The maximum Gasteiger partial charge on any atom is 0.419 e. The normalized spacial score (nSPS) is 12.4. The predicted molar refractivity (Wildman–Crippen MR) is 130 cm³/mol. The molecule has 0 saturated heterocycles. The SMILES string of the molecule is CC(C)(C)OC(=O)n1cc(/C=C/c2nc3c(ccc4ccccc43)s2)c2ccccc21. The third-order valence-electron chi connectivity index (χ3n) is 5.04. The average Bonchev–Trinajstić information content (AvgIpc) is 3.32.